The number of hydrogen-bond acceptors (Lipinski definition) is 7. The Balaban J connectivity index is 1.41. The van der Waals surface area contributed by atoms with Gasteiger partial charge in [0.05, 0.1) is 18.8 Å². The van der Waals surface area contributed by atoms with E-state index in [1.807, 2.05) is 54.6 Å². The Morgan fingerprint density at radius 2 is 1.67 bits per heavy atom. The fourth-order valence-corrected chi connectivity index (χ4v) is 6.07. The van der Waals surface area contributed by atoms with Crippen molar-refractivity contribution < 1.29 is 29.4 Å². The van der Waals surface area contributed by atoms with Crippen LogP contribution in [0.15, 0.2) is 61.2 Å². The van der Waals surface area contributed by atoms with Crippen molar-refractivity contribution in [1.29, 1.82) is 0 Å². The van der Waals surface area contributed by atoms with E-state index in [1.54, 1.807) is 5.48 Å². The number of anilines is 1. The molecule has 0 unspecified atom stereocenters. The summed E-state index contributed by atoms with van der Waals surface area (Å²) < 4.78 is 13.1. The number of carbonyl (C=O) groups is 2. The number of amides is 2. The number of nitrogens with zero attached hydrogens (tertiary/aromatic N) is 1. The molecule has 2 amide bonds. The summed E-state index contributed by atoms with van der Waals surface area (Å²) in [4.78, 5) is 26.2. The van der Waals surface area contributed by atoms with Gasteiger partial charge in [-0.15, -0.1) is 6.58 Å². The summed E-state index contributed by atoms with van der Waals surface area (Å²) in [6.07, 6.45) is 10.5. The van der Waals surface area contributed by atoms with Gasteiger partial charge in [0, 0.05) is 49.6 Å². The zero-order valence-corrected chi connectivity index (χ0v) is 25.1. The predicted molar refractivity (Wildman–Crippen MR) is 165 cm³/mol. The van der Waals surface area contributed by atoms with Crippen molar-refractivity contribution in [2.75, 3.05) is 18.4 Å². The zero-order chi connectivity index (χ0) is 30.4. The molecule has 1 aliphatic heterocycles. The van der Waals surface area contributed by atoms with Crippen molar-refractivity contribution in [3.05, 3.63) is 77.9 Å². The van der Waals surface area contributed by atoms with Crippen molar-refractivity contribution >= 4 is 17.5 Å². The molecule has 0 radical (unpaired) electrons. The summed E-state index contributed by atoms with van der Waals surface area (Å²) in [5.41, 5.74) is 5.09. The van der Waals surface area contributed by atoms with Gasteiger partial charge in [0.2, 0.25) is 11.8 Å². The fraction of sp³-hybridized carbons (Fsp3) is 0.529. The van der Waals surface area contributed by atoms with Crippen LogP contribution in [-0.4, -0.2) is 52.3 Å². The second kappa shape index (κ2) is 17.3. The number of aliphatic hydroxyl groups excluding tert-OH is 1. The maximum atomic E-state index is 12.6. The summed E-state index contributed by atoms with van der Waals surface area (Å²) in [5, 5.41) is 21.1. The van der Waals surface area contributed by atoms with Gasteiger partial charge in [0.25, 0.3) is 0 Å². The van der Waals surface area contributed by atoms with Gasteiger partial charge in [-0.2, -0.15) is 0 Å². The molecular weight excluding hydrogens is 546 g/mol. The summed E-state index contributed by atoms with van der Waals surface area (Å²) in [7, 11) is 0. The zero-order valence-electron chi connectivity index (χ0n) is 25.1. The number of rotatable bonds is 16. The molecule has 0 aromatic heterocycles. The van der Waals surface area contributed by atoms with Gasteiger partial charge < -0.3 is 19.9 Å². The summed E-state index contributed by atoms with van der Waals surface area (Å²) >= 11 is 0. The average molecular weight is 594 g/mol. The van der Waals surface area contributed by atoms with Crippen LogP contribution in [0.1, 0.15) is 99.7 Å². The van der Waals surface area contributed by atoms with Gasteiger partial charge in [-0.3, -0.25) is 19.7 Å². The van der Waals surface area contributed by atoms with Gasteiger partial charge >= 0.3 is 0 Å². The molecule has 234 valence electrons. The molecular formula is C34H47N3O6. The van der Waals surface area contributed by atoms with E-state index in [1.165, 1.54) is 25.7 Å². The van der Waals surface area contributed by atoms with Crippen LogP contribution in [-0.2, 0) is 25.7 Å². The first-order chi connectivity index (χ1) is 21.0. The molecule has 43 heavy (non-hydrogen) atoms. The molecule has 1 saturated heterocycles. The SMILES string of the molecule is C=CCN(C[C@H]1C[C@@H](c2ccc(CO)cc2)O[C@@H](c2cccc(NC(=O)CCCCCCC(=O)NO)c2)O1)C1CCCC1. The maximum absolute atomic E-state index is 12.6. The largest absolute Gasteiger partial charge is 0.392 e. The van der Waals surface area contributed by atoms with Crippen LogP contribution in [0.25, 0.3) is 0 Å². The topological polar surface area (TPSA) is 120 Å². The van der Waals surface area contributed by atoms with Crippen molar-refractivity contribution in [3.63, 3.8) is 0 Å². The van der Waals surface area contributed by atoms with Gasteiger partial charge in [-0.25, -0.2) is 5.48 Å². The smallest absolute Gasteiger partial charge is 0.243 e. The quantitative estimate of drug-likeness (QED) is 0.0823. The van der Waals surface area contributed by atoms with E-state index < -0.39 is 6.29 Å². The molecule has 1 saturated carbocycles. The Kier molecular flexibility index (Phi) is 13.2. The first-order valence-corrected chi connectivity index (χ1v) is 15.7. The molecule has 1 aliphatic carbocycles. The first kappa shape index (κ1) is 32.8. The van der Waals surface area contributed by atoms with E-state index in [0.29, 0.717) is 24.6 Å². The summed E-state index contributed by atoms with van der Waals surface area (Å²) in [5.74, 6) is -0.448. The number of ether oxygens (including phenoxy) is 2. The number of hydroxylamine groups is 1. The summed E-state index contributed by atoms with van der Waals surface area (Å²) in [6.45, 7) is 5.62. The number of benzene rings is 2. The van der Waals surface area contributed by atoms with Gasteiger partial charge in [-0.1, -0.05) is 68.2 Å². The number of unbranched alkanes of at least 4 members (excludes halogenated alkanes) is 3. The molecule has 9 nitrogen and oxygen atoms in total. The highest BCUT2D eigenvalue weighted by Crippen LogP contribution is 2.39. The lowest BCUT2D eigenvalue weighted by atomic mass is 9.99. The lowest BCUT2D eigenvalue weighted by Crippen LogP contribution is -2.43. The second-order valence-corrected chi connectivity index (χ2v) is 11.7. The van der Waals surface area contributed by atoms with Crippen LogP contribution in [0.3, 0.4) is 0 Å². The lowest BCUT2D eigenvalue weighted by Gasteiger charge is -2.39. The Labute approximate surface area is 255 Å². The lowest BCUT2D eigenvalue weighted by molar-refractivity contribution is -0.253. The van der Waals surface area contributed by atoms with Gasteiger partial charge in [0.15, 0.2) is 6.29 Å². The fourth-order valence-electron chi connectivity index (χ4n) is 6.07. The van der Waals surface area contributed by atoms with E-state index in [0.717, 1.165) is 55.5 Å². The normalized spacial score (nSPS) is 20.7. The monoisotopic (exact) mass is 593 g/mol. The molecule has 2 aromatic rings. The van der Waals surface area contributed by atoms with Crippen molar-refractivity contribution in [2.45, 2.75) is 102 Å². The minimum absolute atomic E-state index is 0.0000695. The van der Waals surface area contributed by atoms with Gasteiger partial charge in [-0.05, 0) is 48.9 Å². The third-order valence-corrected chi connectivity index (χ3v) is 8.38. The molecule has 9 heteroatoms. The highest BCUT2D eigenvalue weighted by atomic mass is 16.7. The van der Waals surface area contributed by atoms with E-state index in [-0.39, 0.29) is 37.0 Å². The third kappa shape index (κ3) is 10.3. The minimum Gasteiger partial charge on any atom is -0.392 e. The van der Waals surface area contributed by atoms with E-state index >= 15 is 0 Å². The maximum Gasteiger partial charge on any atom is 0.243 e. The molecule has 2 aliphatic rings. The number of aliphatic hydroxyl groups is 1. The third-order valence-electron chi connectivity index (χ3n) is 8.38. The standard InChI is InChI=1S/C34H47N3O6/c1-2-20-37(29-12-7-8-13-29)23-30-22-31(26-18-16-25(24-38)17-19-26)43-34(42-30)27-10-9-11-28(21-27)35-32(39)14-5-3-4-6-15-33(40)36-41/h2,9-11,16-19,21,29-31,34,38,41H,1,3-8,12-15,20,22-24H2,(H,35,39)(H,36,40)/t30-,31+,34+/m1/s1. The molecule has 1 heterocycles. The molecule has 4 rings (SSSR count). The van der Waals surface area contributed by atoms with Crippen LogP contribution in [0.4, 0.5) is 5.69 Å². The molecule has 3 atom stereocenters. The van der Waals surface area contributed by atoms with Crippen molar-refractivity contribution in [2.24, 2.45) is 0 Å². The first-order valence-electron chi connectivity index (χ1n) is 15.7. The highest BCUT2D eigenvalue weighted by molar-refractivity contribution is 5.90. The van der Waals surface area contributed by atoms with Crippen LogP contribution < -0.4 is 10.8 Å². The molecule has 4 N–H and O–H groups in total. The van der Waals surface area contributed by atoms with Crippen LogP contribution in [0, 0.1) is 0 Å². The summed E-state index contributed by atoms with van der Waals surface area (Å²) in [6, 6.07) is 16.1. The number of nitrogens with one attached hydrogen (secondary N) is 2. The Morgan fingerprint density at radius 1 is 0.953 bits per heavy atom. The minimum atomic E-state index is -0.594. The van der Waals surface area contributed by atoms with E-state index in [2.05, 4.69) is 16.8 Å². The molecule has 2 fully saturated rings. The number of hydrogen-bond donors (Lipinski definition) is 4. The average Bonchev–Trinajstić information content (AvgIpc) is 3.58. The van der Waals surface area contributed by atoms with Crippen LogP contribution in [0.5, 0.6) is 0 Å². The Hall–Kier alpha value is -3.08. The van der Waals surface area contributed by atoms with E-state index in [4.69, 9.17) is 14.7 Å². The molecule has 0 bridgehead atoms. The van der Waals surface area contributed by atoms with Crippen LogP contribution in [0.2, 0.25) is 0 Å². The van der Waals surface area contributed by atoms with Crippen molar-refractivity contribution in [3.8, 4) is 0 Å². The predicted octanol–water partition coefficient (Wildman–Crippen LogP) is 5.94. The molecule has 0 spiro atoms. The highest BCUT2D eigenvalue weighted by Gasteiger charge is 2.34. The number of carbonyl (C=O) groups excluding carboxylic acids is 2. The molecule has 2 aromatic carbocycles. The van der Waals surface area contributed by atoms with E-state index in [9.17, 15) is 14.7 Å². The van der Waals surface area contributed by atoms with Crippen molar-refractivity contribution in [1.82, 2.24) is 10.4 Å². The Bertz CT molecular complexity index is 1170. The second-order valence-electron chi connectivity index (χ2n) is 11.7. The van der Waals surface area contributed by atoms with Gasteiger partial charge in [0.1, 0.15) is 0 Å². The Morgan fingerprint density at radius 3 is 2.35 bits per heavy atom. The van der Waals surface area contributed by atoms with Crippen LogP contribution >= 0.6 is 0 Å².